The molecule has 3 rings (SSSR count). The number of aromatic nitrogens is 2. The van der Waals surface area contributed by atoms with Crippen LogP contribution < -0.4 is 10.1 Å². The van der Waals surface area contributed by atoms with Gasteiger partial charge in [-0.3, -0.25) is 9.48 Å². The van der Waals surface area contributed by atoms with Crippen molar-refractivity contribution in [2.75, 3.05) is 12.4 Å². The summed E-state index contributed by atoms with van der Waals surface area (Å²) in [6.07, 6.45) is 4.54. The maximum atomic E-state index is 11.9. The molecule has 0 saturated heterocycles. The van der Waals surface area contributed by atoms with E-state index in [4.69, 9.17) is 4.74 Å². The summed E-state index contributed by atoms with van der Waals surface area (Å²) < 4.78 is 6.95. The molecule has 0 unspecified atom stereocenters. The largest absolute Gasteiger partial charge is 0.497 e. The van der Waals surface area contributed by atoms with Crippen molar-refractivity contribution in [1.82, 2.24) is 9.78 Å². The molecule has 2 atom stereocenters. The van der Waals surface area contributed by atoms with Gasteiger partial charge in [0.25, 0.3) is 0 Å². The Hall–Kier alpha value is -2.30. The first kappa shape index (κ1) is 13.7. The van der Waals surface area contributed by atoms with Crippen LogP contribution in [-0.2, 0) is 11.3 Å². The Morgan fingerprint density at radius 3 is 2.76 bits per heavy atom. The highest BCUT2D eigenvalue weighted by Crippen LogP contribution is 2.38. The summed E-state index contributed by atoms with van der Waals surface area (Å²) in [5, 5.41) is 7.19. The standard InChI is InChI=1S/C16H19N3O2/c1-11-7-15(11)16(20)18-13-8-17-19(10-13)9-12-3-5-14(21-2)6-4-12/h3-6,8,10-11,15H,7,9H2,1-2H3,(H,18,20)/t11-,15+/m0/s1. The van der Waals surface area contributed by atoms with Crippen LogP contribution in [0.15, 0.2) is 36.7 Å². The summed E-state index contributed by atoms with van der Waals surface area (Å²) in [5.74, 6) is 1.63. The Kier molecular flexibility index (Phi) is 3.64. The molecule has 1 aromatic heterocycles. The Morgan fingerprint density at radius 1 is 1.43 bits per heavy atom. The van der Waals surface area contributed by atoms with Gasteiger partial charge in [-0.1, -0.05) is 19.1 Å². The molecular formula is C16H19N3O2. The monoisotopic (exact) mass is 285 g/mol. The quantitative estimate of drug-likeness (QED) is 0.918. The number of carbonyl (C=O) groups excluding carboxylic acids is 1. The van der Waals surface area contributed by atoms with E-state index in [1.54, 1.807) is 13.3 Å². The lowest BCUT2D eigenvalue weighted by atomic mass is 10.2. The molecule has 1 heterocycles. The van der Waals surface area contributed by atoms with E-state index in [1.165, 1.54) is 0 Å². The van der Waals surface area contributed by atoms with Crippen molar-refractivity contribution in [3.8, 4) is 5.75 Å². The zero-order valence-corrected chi connectivity index (χ0v) is 12.2. The van der Waals surface area contributed by atoms with Crippen molar-refractivity contribution in [3.63, 3.8) is 0 Å². The minimum atomic E-state index is 0.103. The van der Waals surface area contributed by atoms with Gasteiger partial charge in [-0.05, 0) is 30.0 Å². The zero-order valence-electron chi connectivity index (χ0n) is 12.2. The van der Waals surface area contributed by atoms with Crippen LogP contribution in [0.25, 0.3) is 0 Å². The number of carbonyl (C=O) groups is 1. The molecular weight excluding hydrogens is 266 g/mol. The molecule has 5 nitrogen and oxygen atoms in total. The minimum Gasteiger partial charge on any atom is -0.497 e. The van der Waals surface area contributed by atoms with Gasteiger partial charge in [-0.2, -0.15) is 5.10 Å². The molecule has 1 amide bonds. The predicted molar refractivity (Wildman–Crippen MR) is 80.2 cm³/mol. The molecule has 1 fully saturated rings. The van der Waals surface area contributed by atoms with Crippen molar-refractivity contribution in [1.29, 1.82) is 0 Å². The van der Waals surface area contributed by atoms with Crippen LogP contribution in [0.3, 0.4) is 0 Å². The highest BCUT2D eigenvalue weighted by molar-refractivity contribution is 5.94. The van der Waals surface area contributed by atoms with Gasteiger partial charge < -0.3 is 10.1 Å². The fourth-order valence-electron chi connectivity index (χ4n) is 2.35. The fourth-order valence-corrected chi connectivity index (χ4v) is 2.35. The molecule has 0 radical (unpaired) electrons. The van der Waals surface area contributed by atoms with E-state index >= 15 is 0 Å². The van der Waals surface area contributed by atoms with Crippen LogP contribution in [-0.4, -0.2) is 22.8 Å². The second-order valence-electron chi connectivity index (χ2n) is 5.58. The molecule has 0 bridgehead atoms. The third-order valence-electron chi connectivity index (χ3n) is 3.85. The summed E-state index contributed by atoms with van der Waals surface area (Å²) in [4.78, 5) is 11.9. The highest BCUT2D eigenvalue weighted by atomic mass is 16.5. The van der Waals surface area contributed by atoms with Crippen molar-refractivity contribution in [3.05, 3.63) is 42.2 Å². The summed E-state index contributed by atoms with van der Waals surface area (Å²) >= 11 is 0. The lowest BCUT2D eigenvalue weighted by Gasteiger charge is -2.04. The van der Waals surface area contributed by atoms with E-state index in [0.29, 0.717) is 12.5 Å². The van der Waals surface area contributed by atoms with Gasteiger partial charge in [-0.25, -0.2) is 0 Å². The minimum absolute atomic E-state index is 0.103. The zero-order chi connectivity index (χ0) is 14.8. The van der Waals surface area contributed by atoms with E-state index < -0.39 is 0 Å². The number of anilines is 1. The summed E-state index contributed by atoms with van der Waals surface area (Å²) in [7, 11) is 1.65. The lowest BCUT2D eigenvalue weighted by Crippen LogP contribution is -2.13. The first-order valence-electron chi connectivity index (χ1n) is 7.12. The maximum absolute atomic E-state index is 11.9. The van der Waals surface area contributed by atoms with Gasteiger partial charge in [0.05, 0.1) is 25.5 Å². The van der Waals surface area contributed by atoms with Crippen molar-refractivity contribution < 1.29 is 9.53 Å². The van der Waals surface area contributed by atoms with Crippen LogP contribution in [0.1, 0.15) is 18.9 Å². The molecule has 2 aromatic rings. The fraction of sp³-hybridized carbons (Fsp3) is 0.375. The smallest absolute Gasteiger partial charge is 0.227 e. The van der Waals surface area contributed by atoms with Crippen molar-refractivity contribution >= 4 is 11.6 Å². The third-order valence-corrected chi connectivity index (χ3v) is 3.85. The second kappa shape index (κ2) is 5.60. The van der Waals surface area contributed by atoms with Crippen LogP contribution in [0, 0.1) is 11.8 Å². The average Bonchev–Trinajstić information content (AvgIpc) is 3.07. The molecule has 1 saturated carbocycles. The summed E-state index contributed by atoms with van der Waals surface area (Å²) in [6.45, 7) is 2.76. The summed E-state index contributed by atoms with van der Waals surface area (Å²) in [6, 6.07) is 7.86. The van der Waals surface area contributed by atoms with Crippen LogP contribution >= 0.6 is 0 Å². The number of hydrogen-bond donors (Lipinski definition) is 1. The van der Waals surface area contributed by atoms with E-state index in [1.807, 2.05) is 35.1 Å². The molecule has 0 spiro atoms. The molecule has 0 aliphatic heterocycles. The topological polar surface area (TPSA) is 56.1 Å². The van der Waals surface area contributed by atoms with Gasteiger partial charge >= 0.3 is 0 Å². The number of hydrogen-bond acceptors (Lipinski definition) is 3. The van der Waals surface area contributed by atoms with Gasteiger partial charge in [0.1, 0.15) is 5.75 Å². The first-order chi connectivity index (χ1) is 10.2. The highest BCUT2D eigenvalue weighted by Gasteiger charge is 2.39. The Labute approximate surface area is 123 Å². The number of methoxy groups -OCH3 is 1. The SMILES string of the molecule is COc1ccc(Cn2cc(NC(=O)[C@@H]3C[C@@H]3C)cn2)cc1. The Bertz CT molecular complexity index is 633. The van der Waals surface area contributed by atoms with Gasteiger partial charge in [-0.15, -0.1) is 0 Å². The Morgan fingerprint density at radius 2 is 2.14 bits per heavy atom. The number of nitrogens with zero attached hydrogens (tertiary/aromatic N) is 2. The molecule has 21 heavy (non-hydrogen) atoms. The van der Waals surface area contributed by atoms with Gasteiger partial charge in [0, 0.05) is 12.1 Å². The van der Waals surface area contributed by atoms with E-state index in [9.17, 15) is 4.79 Å². The second-order valence-corrected chi connectivity index (χ2v) is 5.58. The molecule has 1 aliphatic rings. The van der Waals surface area contributed by atoms with E-state index in [0.717, 1.165) is 23.4 Å². The number of rotatable bonds is 5. The predicted octanol–water partition coefficient (Wildman–Crippen LogP) is 2.53. The van der Waals surface area contributed by atoms with Gasteiger partial charge in [0.15, 0.2) is 0 Å². The van der Waals surface area contributed by atoms with Crippen LogP contribution in [0.4, 0.5) is 5.69 Å². The van der Waals surface area contributed by atoms with Crippen LogP contribution in [0.5, 0.6) is 5.75 Å². The molecule has 1 N–H and O–H groups in total. The number of ether oxygens (including phenoxy) is 1. The molecule has 5 heteroatoms. The molecule has 110 valence electrons. The number of nitrogens with one attached hydrogen (secondary N) is 1. The lowest BCUT2D eigenvalue weighted by molar-refractivity contribution is -0.117. The maximum Gasteiger partial charge on any atom is 0.227 e. The first-order valence-corrected chi connectivity index (χ1v) is 7.12. The number of benzene rings is 1. The van der Waals surface area contributed by atoms with Crippen LogP contribution in [0.2, 0.25) is 0 Å². The van der Waals surface area contributed by atoms with Gasteiger partial charge in [0.2, 0.25) is 5.91 Å². The average molecular weight is 285 g/mol. The van der Waals surface area contributed by atoms with E-state index in [2.05, 4.69) is 17.3 Å². The van der Waals surface area contributed by atoms with Crippen molar-refractivity contribution in [2.24, 2.45) is 11.8 Å². The normalized spacial score (nSPS) is 20.1. The van der Waals surface area contributed by atoms with E-state index in [-0.39, 0.29) is 11.8 Å². The third kappa shape index (κ3) is 3.24. The molecule has 1 aliphatic carbocycles. The van der Waals surface area contributed by atoms with Crippen molar-refractivity contribution in [2.45, 2.75) is 19.9 Å². The molecule has 1 aromatic carbocycles. The Balaban J connectivity index is 1.60. The number of amides is 1. The summed E-state index contributed by atoms with van der Waals surface area (Å²) in [5.41, 5.74) is 1.89.